The number of fused-ring (bicyclic) bond motifs is 3. The molecule has 1 aromatic carbocycles. The first-order valence-corrected chi connectivity index (χ1v) is 5.41. The normalized spacial score (nSPS) is 33.0. The molecule has 1 heterocycles. The second-order valence-corrected chi connectivity index (χ2v) is 4.45. The molecule has 1 saturated carbocycles. The topological polar surface area (TPSA) is 49.7 Å². The number of hydrogen-bond acceptors (Lipinski definition) is 3. The number of aliphatic hydroxyl groups excluding tert-OH is 1. The minimum absolute atomic E-state index is 0.102. The molecule has 80 valence electrons. The summed E-state index contributed by atoms with van der Waals surface area (Å²) in [6, 6.07) is 5.25. The van der Waals surface area contributed by atoms with Crippen molar-refractivity contribution in [3.8, 4) is 11.5 Å². The molecule has 2 N–H and O–H groups in total. The number of rotatable bonds is 0. The summed E-state index contributed by atoms with van der Waals surface area (Å²) in [5.74, 6) is 1.52. The van der Waals surface area contributed by atoms with Crippen molar-refractivity contribution in [1.82, 2.24) is 0 Å². The zero-order valence-corrected chi connectivity index (χ0v) is 8.39. The summed E-state index contributed by atoms with van der Waals surface area (Å²) in [5, 5.41) is 19.0. The zero-order chi connectivity index (χ0) is 10.4. The zero-order valence-electron chi connectivity index (χ0n) is 8.39. The van der Waals surface area contributed by atoms with Crippen molar-refractivity contribution in [3.05, 3.63) is 23.8 Å². The van der Waals surface area contributed by atoms with Gasteiger partial charge >= 0.3 is 0 Å². The fourth-order valence-electron chi connectivity index (χ4n) is 2.69. The molecule has 0 bridgehead atoms. The van der Waals surface area contributed by atoms with Gasteiger partial charge in [0.1, 0.15) is 17.6 Å². The summed E-state index contributed by atoms with van der Waals surface area (Å²) < 4.78 is 5.77. The van der Waals surface area contributed by atoms with E-state index in [4.69, 9.17) is 4.74 Å². The highest BCUT2D eigenvalue weighted by molar-refractivity contribution is 5.45. The van der Waals surface area contributed by atoms with E-state index in [1.807, 2.05) is 6.07 Å². The SMILES string of the molecule is Oc1ccc2c(c1)[C@H]1CC[C@@H](O)C[C@@H]1O2. The van der Waals surface area contributed by atoms with Crippen LogP contribution in [0, 0.1) is 0 Å². The van der Waals surface area contributed by atoms with Gasteiger partial charge in [0.2, 0.25) is 0 Å². The highest BCUT2D eigenvalue weighted by Crippen LogP contribution is 2.46. The smallest absolute Gasteiger partial charge is 0.123 e. The largest absolute Gasteiger partial charge is 0.508 e. The Labute approximate surface area is 88.3 Å². The lowest BCUT2D eigenvalue weighted by Crippen LogP contribution is -2.30. The van der Waals surface area contributed by atoms with Crippen LogP contribution in [-0.2, 0) is 0 Å². The average Bonchev–Trinajstić information content (AvgIpc) is 2.54. The average molecular weight is 206 g/mol. The maximum Gasteiger partial charge on any atom is 0.123 e. The van der Waals surface area contributed by atoms with Crippen LogP contribution < -0.4 is 4.74 Å². The highest BCUT2D eigenvalue weighted by atomic mass is 16.5. The van der Waals surface area contributed by atoms with Gasteiger partial charge < -0.3 is 14.9 Å². The number of ether oxygens (including phenoxy) is 1. The van der Waals surface area contributed by atoms with Gasteiger partial charge in [-0.25, -0.2) is 0 Å². The molecule has 2 aliphatic rings. The molecule has 3 heteroatoms. The van der Waals surface area contributed by atoms with Crippen LogP contribution in [0.1, 0.15) is 30.7 Å². The predicted molar refractivity (Wildman–Crippen MR) is 55.1 cm³/mol. The van der Waals surface area contributed by atoms with E-state index in [1.165, 1.54) is 0 Å². The summed E-state index contributed by atoms with van der Waals surface area (Å²) in [4.78, 5) is 0. The Morgan fingerprint density at radius 1 is 1.27 bits per heavy atom. The molecule has 0 radical (unpaired) electrons. The van der Waals surface area contributed by atoms with Crippen LogP contribution >= 0.6 is 0 Å². The van der Waals surface area contributed by atoms with Crippen molar-refractivity contribution in [2.75, 3.05) is 0 Å². The van der Waals surface area contributed by atoms with Gasteiger partial charge in [0.05, 0.1) is 6.10 Å². The molecule has 1 fully saturated rings. The molecular weight excluding hydrogens is 192 g/mol. The lowest BCUT2D eigenvalue weighted by atomic mass is 9.82. The van der Waals surface area contributed by atoms with E-state index >= 15 is 0 Å². The van der Waals surface area contributed by atoms with Crippen molar-refractivity contribution in [2.45, 2.75) is 37.4 Å². The lowest BCUT2D eigenvalue weighted by molar-refractivity contribution is 0.0551. The van der Waals surface area contributed by atoms with Crippen molar-refractivity contribution < 1.29 is 14.9 Å². The third-order valence-electron chi connectivity index (χ3n) is 3.44. The fourth-order valence-corrected chi connectivity index (χ4v) is 2.69. The number of hydrogen-bond donors (Lipinski definition) is 2. The van der Waals surface area contributed by atoms with Crippen LogP contribution in [-0.4, -0.2) is 22.4 Å². The van der Waals surface area contributed by atoms with Gasteiger partial charge in [0, 0.05) is 17.9 Å². The Morgan fingerprint density at radius 2 is 2.13 bits per heavy atom. The molecule has 0 amide bonds. The van der Waals surface area contributed by atoms with E-state index in [-0.39, 0.29) is 12.2 Å². The Hall–Kier alpha value is -1.22. The maximum absolute atomic E-state index is 9.56. The standard InChI is InChI=1S/C12H14O3/c13-7-2-4-11-10(5-7)9-3-1-8(14)6-12(9)15-11/h2,4-5,8-9,12-14H,1,3,6H2/t8-,9-,12+/m1/s1. The Balaban J connectivity index is 1.96. The molecule has 1 aliphatic carbocycles. The molecule has 0 unspecified atom stereocenters. The highest BCUT2D eigenvalue weighted by Gasteiger charge is 2.38. The van der Waals surface area contributed by atoms with Crippen LogP contribution in [0.5, 0.6) is 11.5 Å². The Kier molecular flexibility index (Phi) is 1.89. The third kappa shape index (κ3) is 1.38. The molecule has 3 atom stereocenters. The predicted octanol–water partition coefficient (Wildman–Crippen LogP) is 1.78. The van der Waals surface area contributed by atoms with Gasteiger partial charge in [-0.2, -0.15) is 0 Å². The number of benzene rings is 1. The number of phenolic OH excluding ortho intramolecular Hbond substituents is 1. The first kappa shape index (κ1) is 9.04. The quantitative estimate of drug-likeness (QED) is 0.680. The minimum atomic E-state index is -0.228. The summed E-state index contributed by atoms with van der Waals surface area (Å²) in [6.45, 7) is 0. The van der Waals surface area contributed by atoms with E-state index in [9.17, 15) is 10.2 Å². The van der Waals surface area contributed by atoms with Gasteiger partial charge in [-0.1, -0.05) is 0 Å². The van der Waals surface area contributed by atoms with Crippen molar-refractivity contribution in [2.24, 2.45) is 0 Å². The molecule has 0 spiro atoms. The van der Waals surface area contributed by atoms with Crippen molar-refractivity contribution >= 4 is 0 Å². The summed E-state index contributed by atoms with van der Waals surface area (Å²) >= 11 is 0. The van der Waals surface area contributed by atoms with Crippen molar-refractivity contribution in [1.29, 1.82) is 0 Å². The fraction of sp³-hybridized carbons (Fsp3) is 0.500. The van der Waals surface area contributed by atoms with Gasteiger partial charge in [-0.15, -0.1) is 0 Å². The minimum Gasteiger partial charge on any atom is -0.508 e. The molecule has 3 nitrogen and oxygen atoms in total. The van der Waals surface area contributed by atoms with Crippen molar-refractivity contribution in [3.63, 3.8) is 0 Å². The van der Waals surface area contributed by atoms with E-state index in [1.54, 1.807) is 12.1 Å². The summed E-state index contributed by atoms with van der Waals surface area (Å²) in [7, 11) is 0. The van der Waals surface area contributed by atoms with E-state index in [0.29, 0.717) is 18.1 Å². The summed E-state index contributed by atoms with van der Waals surface area (Å²) in [5.41, 5.74) is 1.10. The monoisotopic (exact) mass is 206 g/mol. The van der Waals surface area contributed by atoms with Gasteiger partial charge in [-0.3, -0.25) is 0 Å². The third-order valence-corrected chi connectivity index (χ3v) is 3.44. The van der Waals surface area contributed by atoms with Gasteiger partial charge in [0.15, 0.2) is 0 Å². The van der Waals surface area contributed by atoms with Gasteiger partial charge in [-0.05, 0) is 31.0 Å². The maximum atomic E-state index is 9.56. The first-order chi connectivity index (χ1) is 7.24. The molecule has 1 aliphatic heterocycles. The Bertz CT molecular complexity index is 388. The molecule has 3 rings (SSSR count). The molecule has 0 saturated heterocycles. The number of aromatic hydroxyl groups is 1. The van der Waals surface area contributed by atoms with E-state index in [0.717, 1.165) is 24.2 Å². The Morgan fingerprint density at radius 3 is 3.00 bits per heavy atom. The van der Waals surface area contributed by atoms with Crippen LogP contribution in [0.3, 0.4) is 0 Å². The second-order valence-electron chi connectivity index (χ2n) is 4.45. The van der Waals surface area contributed by atoms with Gasteiger partial charge in [0.25, 0.3) is 0 Å². The second kappa shape index (κ2) is 3.14. The van der Waals surface area contributed by atoms with Crippen LogP contribution in [0.4, 0.5) is 0 Å². The first-order valence-electron chi connectivity index (χ1n) is 5.41. The molecule has 15 heavy (non-hydrogen) atoms. The number of phenols is 1. The van der Waals surface area contributed by atoms with Crippen LogP contribution in [0.2, 0.25) is 0 Å². The lowest BCUT2D eigenvalue weighted by Gasteiger charge is -2.27. The van der Waals surface area contributed by atoms with E-state index in [2.05, 4.69) is 0 Å². The van der Waals surface area contributed by atoms with Crippen LogP contribution in [0.25, 0.3) is 0 Å². The molecule has 0 aromatic heterocycles. The number of aliphatic hydroxyl groups is 1. The summed E-state index contributed by atoms with van der Waals surface area (Å²) in [6.07, 6.45) is 2.36. The molecule has 1 aromatic rings. The van der Waals surface area contributed by atoms with E-state index < -0.39 is 0 Å². The van der Waals surface area contributed by atoms with Crippen LogP contribution in [0.15, 0.2) is 18.2 Å². The molecular formula is C12H14O3.